The monoisotopic (exact) mass is 616 g/mol. The maximum atomic E-state index is 14.7. The Morgan fingerprint density at radius 3 is 2.70 bits per heavy atom. The van der Waals surface area contributed by atoms with Gasteiger partial charge < -0.3 is 20.5 Å². The molecule has 1 aromatic carbocycles. The molecule has 4 aromatic rings. The fourth-order valence-electron chi connectivity index (χ4n) is 6.05. The Bertz CT molecular complexity index is 1980. The lowest BCUT2D eigenvalue weighted by molar-refractivity contribution is 0.393. The summed E-state index contributed by atoms with van der Waals surface area (Å²) in [5.74, 6) is 0.761. The van der Waals surface area contributed by atoms with E-state index in [4.69, 9.17) is 15.0 Å². The van der Waals surface area contributed by atoms with Crippen LogP contribution in [0.15, 0.2) is 90.5 Å². The van der Waals surface area contributed by atoms with Gasteiger partial charge in [-0.05, 0) is 93.4 Å². The molecule has 1 aliphatic carbocycles. The first-order valence-electron chi connectivity index (χ1n) is 15.9. The Morgan fingerprint density at radius 2 is 1.93 bits per heavy atom. The summed E-state index contributed by atoms with van der Waals surface area (Å²) in [5, 5.41) is 8.40. The summed E-state index contributed by atoms with van der Waals surface area (Å²) in [5.41, 5.74) is 7.98. The molecule has 0 saturated heterocycles. The maximum absolute atomic E-state index is 14.7. The molecule has 46 heavy (non-hydrogen) atoms. The van der Waals surface area contributed by atoms with Gasteiger partial charge in [0.05, 0.1) is 28.3 Å². The summed E-state index contributed by atoms with van der Waals surface area (Å²) < 4.78 is 14.7. The molecule has 0 bridgehead atoms. The molecule has 9 heteroatoms. The van der Waals surface area contributed by atoms with Crippen molar-refractivity contribution in [3.63, 3.8) is 0 Å². The van der Waals surface area contributed by atoms with Crippen molar-refractivity contribution in [1.29, 1.82) is 0 Å². The highest BCUT2D eigenvalue weighted by Crippen LogP contribution is 2.31. The number of H-pyrrole nitrogens is 1. The molecule has 0 atom stereocenters. The number of benzene rings is 1. The van der Waals surface area contributed by atoms with Gasteiger partial charge >= 0.3 is 0 Å². The molecule has 8 nitrogen and oxygen atoms in total. The number of rotatable bonds is 12. The summed E-state index contributed by atoms with van der Waals surface area (Å²) in [7, 11) is 4.01. The van der Waals surface area contributed by atoms with Crippen LogP contribution in [0.1, 0.15) is 50.5 Å². The molecular formula is C37H41FN8. The van der Waals surface area contributed by atoms with E-state index in [9.17, 15) is 4.39 Å². The van der Waals surface area contributed by atoms with E-state index in [0.717, 1.165) is 51.0 Å². The van der Waals surface area contributed by atoms with Crippen molar-refractivity contribution >= 4 is 28.0 Å². The third kappa shape index (κ3) is 6.70. The molecule has 1 fully saturated rings. The number of hydrogen-bond acceptors (Lipinski definition) is 7. The van der Waals surface area contributed by atoms with E-state index in [2.05, 4.69) is 44.7 Å². The fraction of sp³-hybridized carbons (Fsp3) is 0.297. The largest absolute Gasteiger partial charge is 0.384 e. The Hall–Kier alpha value is -4.89. The smallest absolute Gasteiger partial charge is 0.159 e. The Labute approximate surface area is 269 Å². The van der Waals surface area contributed by atoms with E-state index >= 15 is 0 Å². The average molecular weight is 617 g/mol. The fourth-order valence-corrected chi connectivity index (χ4v) is 6.05. The zero-order chi connectivity index (χ0) is 32.2. The SMILES string of the molecule is C=C/C(=C\C(=C/C)c1ccc2c(n1)=C(c1nc3c(-c4cc(F)cc(NCCN(C)C)c4)cncc3[nH]1)N=2)NC(=C)C1CCCCC1. The van der Waals surface area contributed by atoms with Gasteiger partial charge in [-0.25, -0.2) is 19.4 Å². The maximum Gasteiger partial charge on any atom is 0.159 e. The van der Waals surface area contributed by atoms with Crippen LogP contribution in [0.5, 0.6) is 0 Å². The lowest BCUT2D eigenvalue weighted by Gasteiger charge is -2.25. The summed E-state index contributed by atoms with van der Waals surface area (Å²) in [6, 6.07) is 8.90. The van der Waals surface area contributed by atoms with Gasteiger partial charge in [-0.15, -0.1) is 0 Å². The highest BCUT2D eigenvalue weighted by atomic mass is 19.1. The van der Waals surface area contributed by atoms with Crippen LogP contribution in [0.2, 0.25) is 0 Å². The second-order valence-electron chi connectivity index (χ2n) is 12.2. The van der Waals surface area contributed by atoms with E-state index in [0.29, 0.717) is 40.8 Å². The van der Waals surface area contributed by atoms with Crippen molar-refractivity contribution in [2.45, 2.75) is 39.0 Å². The number of halogens is 1. The van der Waals surface area contributed by atoms with E-state index in [1.54, 1.807) is 12.4 Å². The van der Waals surface area contributed by atoms with Crippen LogP contribution in [0, 0.1) is 11.7 Å². The van der Waals surface area contributed by atoms with Gasteiger partial charge in [0.15, 0.2) is 5.82 Å². The van der Waals surface area contributed by atoms with Gasteiger partial charge in [-0.2, -0.15) is 0 Å². The highest BCUT2D eigenvalue weighted by molar-refractivity contribution is 5.93. The van der Waals surface area contributed by atoms with Crippen LogP contribution >= 0.6 is 0 Å². The molecule has 4 heterocycles. The molecule has 1 saturated carbocycles. The van der Waals surface area contributed by atoms with Gasteiger partial charge in [0, 0.05) is 41.9 Å². The molecule has 0 unspecified atom stereocenters. The number of fused-ring (bicyclic) bond motifs is 2. The topological polar surface area (TPSA) is 94.1 Å². The van der Waals surface area contributed by atoms with Gasteiger partial charge in [0.1, 0.15) is 16.9 Å². The number of nitrogens with one attached hydrogen (secondary N) is 3. The second-order valence-corrected chi connectivity index (χ2v) is 12.2. The Morgan fingerprint density at radius 1 is 1.11 bits per heavy atom. The minimum atomic E-state index is -0.325. The number of aromatic nitrogens is 4. The molecule has 3 N–H and O–H groups in total. The van der Waals surface area contributed by atoms with E-state index < -0.39 is 0 Å². The van der Waals surface area contributed by atoms with Crippen molar-refractivity contribution in [3.8, 4) is 11.1 Å². The molecule has 1 aliphatic heterocycles. The van der Waals surface area contributed by atoms with Gasteiger partial charge in [0.2, 0.25) is 0 Å². The highest BCUT2D eigenvalue weighted by Gasteiger charge is 2.20. The molecule has 3 aromatic heterocycles. The summed E-state index contributed by atoms with van der Waals surface area (Å²) in [6.45, 7) is 11.9. The van der Waals surface area contributed by atoms with Gasteiger partial charge in [0.25, 0.3) is 0 Å². The van der Waals surface area contributed by atoms with Crippen LogP contribution < -0.4 is 21.3 Å². The van der Waals surface area contributed by atoms with Crippen LogP contribution in [-0.4, -0.2) is 52.0 Å². The first-order chi connectivity index (χ1) is 22.3. The quantitative estimate of drug-likeness (QED) is 0.167. The standard InChI is InChI=1S/C37H41FN8/c1-6-24(18-28(7-2)41-23(3)25-11-9-8-10-12-25)31-13-14-32-35(42-31)36(43-32)37-44-33-22-39-21-30(34(33)45-37)26-17-27(38)20-29(19-26)40-15-16-46(4)5/h6-7,13-14,17-22,25,40-41H,2-3,8-12,15-16H2,1,4-5H3,(H,44,45)/b24-6+,28-18+. The minimum absolute atomic E-state index is 0.325. The Kier molecular flexibility index (Phi) is 9.21. The molecule has 236 valence electrons. The molecule has 6 rings (SSSR count). The molecule has 0 radical (unpaired) electrons. The van der Waals surface area contributed by atoms with Crippen LogP contribution in [-0.2, 0) is 0 Å². The number of allylic oxidation sites excluding steroid dienone is 5. The molecule has 2 aliphatic rings. The van der Waals surface area contributed by atoms with Gasteiger partial charge in [-0.1, -0.05) is 38.5 Å². The zero-order valence-corrected chi connectivity index (χ0v) is 26.8. The second kappa shape index (κ2) is 13.6. The van der Waals surface area contributed by atoms with E-state index in [-0.39, 0.29) is 5.82 Å². The van der Waals surface area contributed by atoms with E-state index in [1.165, 1.54) is 44.2 Å². The first kappa shape index (κ1) is 31.1. The number of pyridine rings is 2. The zero-order valence-electron chi connectivity index (χ0n) is 26.8. The average Bonchev–Trinajstić information content (AvgIpc) is 3.47. The third-order valence-corrected chi connectivity index (χ3v) is 8.59. The number of hydrogen-bond donors (Lipinski definition) is 3. The lowest BCUT2D eigenvalue weighted by Crippen LogP contribution is -2.39. The molecule has 0 amide bonds. The summed E-state index contributed by atoms with van der Waals surface area (Å²) >= 11 is 0. The number of imidazole rings is 1. The Balaban J connectivity index is 1.29. The van der Waals surface area contributed by atoms with Crippen molar-refractivity contribution in [2.75, 3.05) is 32.5 Å². The number of anilines is 1. The lowest BCUT2D eigenvalue weighted by atomic mass is 9.87. The predicted octanol–water partition coefficient (Wildman–Crippen LogP) is 6.08. The predicted molar refractivity (Wildman–Crippen MR) is 185 cm³/mol. The van der Waals surface area contributed by atoms with Crippen LogP contribution in [0.25, 0.3) is 33.4 Å². The third-order valence-electron chi connectivity index (χ3n) is 8.59. The summed E-state index contributed by atoms with van der Waals surface area (Å²) in [4.78, 5) is 24.5. The summed E-state index contributed by atoms with van der Waals surface area (Å²) in [6.07, 6.45) is 15.5. The van der Waals surface area contributed by atoms with Crippen molar-refractivity contribution in [2.24, 2.45) is 10.9 Å². The minimum Gasteiger partial charge on any atom is -0.384 e. The normalized spacial score (nSPS) is 15.4. The van der Waals surface area contributed by atoms with Crippen molar-refractivity contribution in [3.05, 3.63) is 114 Å². The molecular weight excluding hydrogens is 575 g/mol. The van der Waals surface area contributed by atoms with Crippen molar-refractivity contribution < 1.29 is 4.39 Å². The first-order valence-corrected chi connectivity index (χ1v) is 15.9. The van der Waals surface area contributed by atoms with Crippen LogP contribution in [0.3, 0.4) is 0 Å². The number of nitrogens with zero attached hydrogens (tertiary/aromatic N) is 5. The van der Waals surface area contributed by atoms with E-state index in [1.807, 2.05) is 51.4 Å². The molecule has 0 spiro atoms. The number of aromatic amines is 1. The van der Waals surface area contributed by atoms with Crippen molar-refractivity contribution in [1.82, 2.24) is 30.2 Å². The number of likely N-dealkylation sites (N-methyl/N-ethyl adjacent to an activating group) is 1. The van der Waals surface area contributed by atoms with Crippen LogP contribution in [0.4, 0.5) is 10.1 Å². The van der Waals surface area contributed by atoms with Gasteiger partial charge in [-0.3, -0.25) is 4.98 Å².